The Morgan fingerprint density at radius 2 is 1.48 bits per heavy atom. The molecule has 46 heavy (non-hydrogen) atoms. The van der Waals surface area contributed by atoms with Gasteiger partial charge in [0, 0.05) is 37.5 Å². The highest BCUT2D eigenvalue weighted by Crippen LogP contribution is 2.35. The van der Waals surface area contributed by atoms with Crippen molar-refractivity contribution < 1.29 is 54.4 Å². The van der Waals surface area contributed by atoms with E-state index < -0.39 is 104 Å². The van der Waals surface area contributed by atoms with Gasteiger partial charge in [-0.2, -0.15) is 0 Å². The molecule has 18 N–H and O–H groups in total. The van der Waals surface area contributed by atoms with Crippen molar-refractivity contribution in [3.8, 4) is 0 Å². The molecule has 0 unspecified atom stereocenters. The highest BCUT2D eigenvalue weighted by Gasteiger charge is 2.54. The van der Waals surface area contributed by atoms with Crippen molar-refractivity contribution in [1.29, 1.82) is 0 Å². The predicted octanol–water partition coefficient (Wildman–Crippen LogP) is -6.92. The number of nitrogens with two attached hydrogens (primary N) is 5. The molecule has 0 aromatic carbocycles. The van der Waals surface area contributed by atoms with Crippen LogP contribution in [-0.4, -0.2) is 160 Å². The molecule has 5 fully saturated rings. The largest absolute Gasteiger partial charge is 0.394 e. The number of amides is 1. The van der Waals surface area contributed by atoms with E-state index in [4.69, 9.17) is 47.6 Å². The quantitative estimate of drug-likeness (QED) is 0.0976. The Kier molecular flexibility index (Phi) is 11.6. The minimum Gasteiger partial charge on any atom is -0.394 e. The molecule has 2 saturated heterocycles. The van der Waals surface area contributed by atoms with Crippen molar-refractivity contribution in [2.45, 2.75) is 142 Å². The summed E-state index contributed by atoms with van der Waals surface area (Å²) in [6, 6.07) is -3.83. The van der Waals surface area contributed by atoms with E-state index >= 15 is 0 Å². The third-order valence-electron chi connectivity index (χ3n) is 10.2. The molecule has 2 aliphatic heterocycles. The van der Waals surface area contributed by atoms with Crippen molar-refractivity contribution in [2.75, 3.05) is 19.7 Å². The van der Waals surface area contributed by atoms with Crippen LogP contribution in [-0.2, 0) is 23.7 Å². The summed E-state index contributed by atoms with van der Waals surface area (Å²) in [5, 5.41) is 70.0. The first kappa shape index (κ1) is 36.1. The fourth-order valence-electron chi connectivity index (χ4n) is 7.24. The smallest absolute Gasteiger partial charge is 0.252 e. The van der Waals surface area contributed by atoms with Gasteiger partial charge in [-0.05, 0) is 38.1 Å². The SMILES string of the molecule is NC[C@H]1O[C@H](O[C@H]2[C@H](O)[C@@H](O[C@H]3O[C@H](CO)[C@@H](O)[C@H](N)[C@H]3O)[C@H](NC(=O)C3(O)CC(N)C3)C[C@@H]2N)[C@H](NCC2CC(N)C2)C[C@@H]1O. The lowest BCUT2D eigenvalue weighted by molar-refractivity contribution is -0.316. The van der Waals surface area contributed by atoms with Crippen LogP contribution in [0.15, 0.2) is 0 Å². The molecule has 0 spiro atoms. The minimum absolute atomic E-state index is 0.00505. The van der Waals surface area contributed by atoms with Gasteiger partial charge in [0.05, 0.1) is 36.9 Å². The summed E-state index contributed by atoms with van der Waals surface area (Å²) >= 11 is 0. The maximum absolute atomic E-state index is 13.1. The molecule has 1 amide bonds. The molecular formula is C28H53N7O11. The molecule has 2 heterocycles. The monoisotopic (exact) mass is 663 g/mol. The Morgan fingerprint density at radius 1 is 0.826 bits per heavy atom. The van der Waals surface area contributed by atoms with E-state index in [-0.39, 0.29) is 44.3 Å². The number of carbonyl (C=O) groups excluding carboxylic acids is 1. The molecule has 5 aliphatic rings. The van der Waals surface area contributed by atoms with E-state index in [1.807, 2.05) is 0 Å². The van der Waals surface area contributed by atoms with Crippen molar-refractivity contribution >= 4 is 5.91 Å². The number of aliphatic hydroxyl groups excluding tert-OH is 5. The van der Waals surface area contributed by atoms with E-state index in [9.17, 15) is 35.4 Å². The molecule has 0 aromatic heterocycles. The fourth-order valence-corrected chi connectivity index (χ4v) is 7.24. The van der Waals surface area contributed by atoms with Crippen LogP contribution in [0.25, 0.3) is 0 Å². The Labute approximate surface area is 267 Å². The summed E-state index contributed by atoms with van der Waals surface area (Å²) in [4.78, 5) is 13.1. The van der Waals surface area contributed by atoms with Crippen LogP contribution in [0.3, 0.4) is 0 Å². The van der Waals surface area contributed by atoms with E-state index in [0.29, 0.717) is 12.5 Å². The van der Waals surface area contributed by atoms with Crippen molar-refractivity contribution in [3.63, 3.8) is 0 Å². The maximum atomic E-state index is 13.1. The van der Waals surface area contributed by atoms with Crippen molar-refractivity contribution in [2.24, 2.45) is 34.6 Å². The second-order valence-corrected chi connectivity index (χ2v) is 13.8. The second-order valence-electron chi connectivity index (χ2n) is 13.8. The summed E-state index contributed by atoms with van der Waals surface area (Å²) in [6.07, 6.45) is -10.3. The van der Waals surface area contributed by atoms with Gasteiger partial charge in [-0.15, -0.1) is 0 Å². The average Bonchev–Trinajstić information content (AvgIpc) is 2.98. The maximum Gasteiger partial charge on any atom is 0.252 e. The van der Waals surface area contributed by atoms with Crippen LogP contribution in [0.1, 0.15) is 38.5 Å². The molecule has 3 aliphatic carbocycles. The van der Waals surface area contributed by atoms with Crippen LogP contribution in [0.4, 0.5) is 0 Å². The van der Waals surface area contributed by atoms with Gasteiger partial charge >= 0.3 is 0 Å². The lowest BCUT2D eigenvalue weighted by Gasteiger charge is -2.49. The fraction of sp³-hybridized carbons (Fsp3) is 0.964. The molecule has 14 atom stereocenters. The Balaban J connectivity index is 1.35. The van der Waals surface area contributed by atoms with Crippen molar-refractivity contribution in [3.05, 3.63) is 0 Å². The summed E-state index contributed by atoms with van der Waals surface area (Å²) < 4.78 is 24.0. The molecule has 266 valence electrons. The summed E-state index contributed by atoms with van der Waals surface area (Å²) in [7, 11) is 0. The zero-order chi connectivity index (χ0) is 33.5. The standard InChI is InChI=1S/C28H53N7O11/c29-7-17-16(37)4-15(34-8-10-1-11(30)2-10)25(43-17)45-23-13(32)3-14(35-27(41)28(42)5-12(31)6-28)24(22(23)40)46-26-21(39)19(33)20(38)18(9-36)44-26/h10-26,34,36-40,42H,1-9,29-33H2,(H,35,41)/t10?,11?,12?,13-,14+,15+,16-,17+,18+,19-,20+,21+,22-,23+,24-,25+,26+,28?/m0/s1. The van der Waals surface area contributed by atoms with E-state index in [2.05, 4.69) is 10.6 Å². The van der Waals surface area contributed by atoms with Gasteiger partial charge in [-0.25, -0.2) is 0 Å². The van der Waals surface area contributed by atoms with Crippen LogP contribution in [0.5, 0.6) is 0 Å². The minimum atomic E-state index is -1.71. The predicted molar refractivity (Wildman–Crippen MR) is 159 cm³/mol. The Hall–Kier alpha value is -1.17. The summed E-state index contributed by atoms with van der Waals surface area (Å²) in [5.74, 6) is -0.369. The molecule has 0 bridgehead atoms. The second kappa shape index (κ2) is 14.8. The molecule has 0 aromatic rings. The molecule has 5 rings (SSSR count). The normalized spacial score (nSPS) is 51.2. The molecular weight excluding hydrogens is 610 g/mol. The third kappa shape index (κ3) is 7.52. The number of hydrogen-bond acceptors (Lipinski definition) is 17. The molecule has 18 nitrogen and oxygen atoms in total. The number of aliphatic hydroxyl groups is 6. The van der Waals surface area contributed by atoms with Crippen LogP contribution >= 0.6 is 0 Å². The van der Waals surface area contributed by atoms with Crippen LogP contribution in [0, 0.1) is 5.92 Å². The summed E-state index contributed by atoms with van der Waals surface area (Å²) in [6.45, 7) is 0.00134. The van der Waals surface area contributed by atoms with E-state index in [1.54, 1.807) is 0 Å². The van der Waals surface area contributed by atoms with Gasteiger partial charge < -0.3 is 88.9 Å². The van der Waals surface area contributed by atoms with E-state index in [0.717, 1.165) is 12.8 Å². The Morgan fingerprint density at radius 3 is 2.09 bits per heavy atom. The van der Waals surface area contributed by atoms with Gasteiger partial charge in [-0.3, -0.25) is 4.79 Å². The van der Waals surface area contributed by atoms with Crippen LogP contribution in [0.2, 0.25) is 0 Å². The Bertz CT molecular complexity index is 1020. The number of rotatable bonds is 11. The highest BCUT2D eigenvalue weighted by molar-refractivity contribution is 5.86. The van der Waals surface area contributed by atoms with Gasteiger partial charge in [0.25, 0.3) is 5.91 Å². The lowest BCUT2D eigenvalue weighted by Crippen LogP contribution is -2.70. The molecule has 0 radical (unpaired) electrons. The third-order valence-corrected chi connectivity index (χ3v) is 10.2. The molecule has 3 saturated carbocycles. The highest BCUT2D eigenvalue weighted by atomic mass is 16.7. The zero-order valence-corrected chi connectivity index (χ0v) is 25.8. The van der Waals surface area contributed by atoms with Gasteiger partial charge in [0.15, 0.2) is 12.6 Å². The van der Waals surface area contributed by atoms with Gasteiger partial charge in [0.2, 0.25) is 0 Å². The van der Waals surface area contributed by atoms with Crippen molar-refractivity contribution in [1.82, 2.24) is 10.6 Å². The average molecular weight is 664 g/mol. The number of ether oxygens (including phenoxy) is 4. The topological polar surface area (TPSA) is 330 Å². The van der Waals surface area contributed by atoms with E-state index in [1.165, 1.54) is 0 Å². The number of nitrogens with one attached hydrogen (secondary N) is 2. The van der Waals surface area contributed by atoms with Gasteiger partial charge in [-0.1, -0.05) is 0 Å². The zero-order valence-electron chi connectivity index (χ0n) is 25.8. The first-order chi connectivity index (χ1) is 21.7. The number of hydrogen-bond donors (Lipinski definition) is 13. The molecule has 18 heteroatoms. The van der Waals surface area contributed by atoms with Gasteiger partial charge in [0.1, 0.15) is 42.2 Å². The lowest BCUT2D eigenvalue weighted by atomic mass is 9.75. The first-order valence-electron chi connectivity index (χ1n) is 16.2. The number of carbonyl (C=O) groups is 1. The van der Waals surface area contributed by atoms with Crippen LogP contribution < -0.4 is 39.3 Å². The summed E-state index contributed by atoms with van der Waals surface area (Å²) in [5.41, 5.74) is 28.4. The first-order valence-corrected chi connectivity index (χ1v) is 16.2.